The van der Waals surface area contributed by atoms with Gasteiger partial charge in [0.1, 0.15) is 0 Å². The summed E-state index contributed by atoms with van der Waals surface area (Å²) in [6.45, 7) is 9.22. The highest BCUT2D eigenvalue weighted by atomic mass is 16.6. The van der Waals surface area contributed by atoms with Crippen LogP contribution < -0.4 is 5.32 Å². The van der Waals surface area contributed by atoms with Crippen LogP contribution in [0.15, 0.2) is 18.2 Å². The summed E-state index contributed by atoms with van der Waals surface area (Å²) in [5.41, 5.74) is 3.62. The summed E-state index contributed by atoms with van der Waals surface area (Å²) in [6, 6.07) is 6.26. The molecule has 0 saturated carbocycles. The maximum Gasteiger partial charge on any atom is 0.409 e. The molecule has 1 N–H and O–H groups in total. The number of carbonyl (C=O) groups excluding carboxylic acids is 2. The van der Waals surface area contributed by atoms with Crippen molar-refractivity contribution in [2.24, 2.45) is 0 Å². The minimum absolute atomic E-state index is 0.127. The SMILES string of the molecule is CCOC(=O)N1CCN(C(=O)CCNc2c(C)cccc2CC)CC1. The molecule has 0 spiro atoms. The fraction of sp³-hybridized carbons (Fsp3) is 0.579. The van der Waals surface area contributed by atoms with Gasteiger partial charge in [0.05, 0.1) is 6.61 Å². The molecule has 2 rings (SSSR count). The van der Waals surface area contributed by atoms with Crippen LogP contribution in [0.3, 0.4) is 0 Å². The molecule has 1 fully saturated rings. The second kappa shape index (κ2) is 9.30. The fourth-order valence-electron chi connectivity index (χ4n) is 3.08. The number of carbonyl (C=O) groups is 2. The minimum Gasteiger partial charge on any atom is -0.450 e. The van der Waals surface area contributed by atoms with Crippen LogP contribution in [-0.4, -0.2) is 61.1 Å². The van der Waals surface area contributed by atoms with Crippen LogP contribution in [-0.2, 0) is 16.0 Å². The number of aryl methyl sites for hydroxylation is 2. The van der Waals surface area contributed by atoms with Crippen LogP contribution in [0.25, 0.3) is 0 Å². The third-order valence-corrected chi connectivity index (χ3v) is 4.54. The Morgan fingerprint density at radius 3 is 2.44 bits per heavy atom. The Balaban J connectivity index is 1.78. The number of nitrogens with one attached hydrogen (secondary N) is 1. The third-order valence-electron chi connectivity index (χ3n) is 4.54. The first-order valence-corrected chi connectivity index (χ1v) is 9.08. The molecule has 2 amide bonds. The van der Waals surface area contributed by atoms with Gasteiger partial charge in [-0.2, -0.15) is 0 Å². The molecule has 0 atom stereocenters. The molecule has 25 heavy (non-hydrogen) atoms. The van der Waals surface area contributed by atoms with Crippen LogP contribution in [0, 0.1) is 6.92 Å². The van der Waals surface area contributed by atoms with Crippen molar-refractivity contribution >= 4 is 17.7 Å². The van der Waals surface area contributed by atoms with Crippen molar-refractivity contribution in [3.8, 4) is 0 Å². The number of anilines is 1. The largest absolute Gasteiger partial charge is 0.450 e. The molecule has 6 nitrogen and oxygen atoms in total. The highest BCUT2D eigenvalue weighted by Gasteiger charge is 2.24. The van der Waals surface area contributed by atoms with Gasteiger partial charge < -0.3 is 19.9 Å². The van der Waals surface area contributed by atoms with E-state index in [2.05, 4.69) is 37.4 Å². The fourth-order valence-corrected chi connectivity index (χ4v) is 3.08. The van der Waals surface area contributed by atoms with Gasteiger partial charge in [0.25, 0.3) is 0 Å². The average molecular weight is 347 g/mol. The van der Waals surface area contributed by atoms with Crippen molar-refractivity contribution in [1.82, 2.24) is 9.80 Å². The van der Waals surface area contributed by atoms with Crippen molar-refractivity contribution in [3.63, 3.8) is 0 Å². The van der Waals surface area contributed by atoms with E-state index in [9.17, 15) is 9.59 Å². The molecule has 1 heterocycles. The zero-order chi connectivity index (χ0) is 18.2. The Kier molecular flexibility index (Phi) is 7.10. The summed E-state index contributed by atoms with van der Waals surface area (Å²) in [4.78, 5) is 27.6. The molecule has 6 heteroatoms. The molecule has 1 saturated heterocycles. The normalized spacial score (nSPS) is 14.4. The van der Waals surface area contributed by atoms with Crippen molar-refractivity contribution in [3.05, 3.63) is 29.3 Å². The molecule has 0 unspecified atom stereocenters. The molecule has 0 radical (unpaired) electrons. The topological polar surface area (TPSA) is 61.9 Å². The number of hydrogen-bond acceptors (Lipinski definition) is 4. The first-order chi connectivity index (χ1) is 12.1. The van der Waals surface area contributed by atoms with Gasteiger partial charge in [0.15, 0.2) is 0 Å². The van der Waals surface area contributed by atoms with E-state index in [1.807, 2.05) is 4.90 Å². The van der Waals surface area contributed by atoms with Crippen LogP contribution in [0.4, 0.5) is 10.5 Å². The minimum atomic E-state index is -0.289. The summed E-state index contributed by atoms with van der Waals surface area (Å²) >= 11 is 0. The molecule has 0 aliphatic carbocycles. The first kappa shape index (κ1) is 19.1. The van der Waals surface area contributed by atoms with Gasteiger partial charge >= 0.3 is 6.09 Å². The molecule has 1 aromatic rings. The number of rotatable bonds is 6. The lowest BCUT2D eigenvalue weighted by Crippen LogP contribution is -2.50. The number of hydrogen-bond donors (Lipinski definition) is 1. The number of para-hydroxylation sites is 1. The Morgan fingerprint density at radius 2 is 1.80 bits per heavy atom. The smallest absolute Gasteiger partial charge is 0.409 e. The quantitative estimate of drug-likeness (QED) is 0.859. The first-order valence-electron chi connectivity index (χ1n) is 9.08. The standard InChI is InChI=1S/C19H29N3O3/c1-4-16-8-6-7-15(3)18(16)20-10-9-17(23)21-11-13-22(14-12-21)19(24)25-5-2/h6-8,20H,4-5,9-14H2,1-3H3. The summed E-state index contributed by atoms with van der Waals surface area (Å²) in [7, 11) is 0. The Bertz CT molecular complexity index is 596. The van der Waals surface area contributed by atoms with E-state index in [1.165, 1.54) is 11.1 Å². The van der Waals surface area contributed by atoms with Crippen molar-refractivity contribution in [2.75, 3.05) is 44.6 Å². The molecule has 1 aliphatic rings. The summed E-state index contributed by atoms with van der Waals surface area (Å²) in [5.74, 6) is 0.127. The van der Waals surface area contributed by atoms with E-state index < -0.39 is 0 Å². The molecular formula is C19H29N3O3. The number of nitrogens with zero attached hydrogens (tertiary/aromatic N) is 2. The van der Waals surface area contributed by atoms with E-state index in [1.54, 1.807) is 11.8 Å². The maximum absolute atomic E-state index is 12.4. The second-order valence-electron chi connectivity index (χ2n) is 6.21. The van der Waals surface area contributed by atoms with Gasteiger partial charge in [0, 0.05) is 44.8 Å². The molecule has 0 aromatic heterocycles. The zero-order valence-corrected chi connectivity index (χ0v) is 15.5. The van der Waals surface area contributed by atoms with Gasteiger partial charge in [-0.15, -0.1) is 0 Å². The number of benzene rings is 1. The number of ether oxygens (including phenoxy) is 1. The lowest BCUT2D eigenvalue weighted by atomic mass is 10.1. The number of piperazine rings is 1. The van der Waals surface area contributed by atoms with Crippen molar-refractivity contribution in [1.29, 1.82) is 0 Å². The molecular weight excluding hydrogens is 318 g/mol. The highest BCUT2D eigenvalue weighted by molar-refractivity contribution is 5.77. The van der Waals surface area contributed by atoms with Crippen LogP contribution >= 0.6 is 0 Å². The van der Waals surface area contributed by atoms with E-state index in [-0.39, 0.29) is 12.0 Å². The third kappa shape index (κ3) is 5.11. The van der Waals surface area contributed by atoms with Crippen molar-refractivity contribution in [2.45, 2.75) is 33.6 Å². The van der Waals surface area contributed by atoms with Crippen LogP contribution in [0.1, 0.15) is 31.4 Å². The van der Waals surface area contributed by atoms with E-state index >= 15 is 0 Å². The van der Waals surface area contributed by atoms with Crippen LogP contribution in [0.2, 0.25) is 0 Å². The molecule has 1 aliphatic heterocycles. The van der Waals surface area contributed by atoms with Gasteiger partial charge in [-0.25, -0.2) is 4.79 Å². The Labute approximate surface area is 150 Å². The van der Waals surface area contributed by atoms with E-state index in [0.717, 1.165) is 12.1 Å². The predicted octanol–water partition coefficient (Wildman–Crippen LogP) is 2.66. The Morgan fingerprint density at radius 1 is 1.12 bits per heavy atom. The van der Waals surface area contributed by atoms with Gasteiger partial charge in [-0.3, -0.25) is 4.79 Å². The monoisotopic (exact) mass is 347 g/mol. The Hall–Kier alpha value is -2.24. The summed E-state index contributed by atoms with van der Waals surface area (Å²) in [5, 5.41) is 3.41. The number of amides is 2. The average Bonchev–Trinajstić information content (AvgIpc) is 2.63. The predicted molar refractivity (Wildman–Crippen MR) is 98.8 cm³/mol. The highest BCUT2D eigenvalue weighted by Crippen LogP contribution is 2.21. The molecule has 138 valence electrons. The van der Waals surface area contributed by atoms with Gasteiger partial charge in [-0.05, 0) is 31.4 Å². The van der Waals surface area contributed by atoms with E-state index in [0.29, 0.717) is 45.8 Å². The maximum atomic E-state index is 12.4. The van der Waals surface area contributed by atoms with Gasteiger partial charge in [0.2, 0.25) is 5.91 Å². The molecule has 1 aromatic carbocycles. The zero-order valence-electron chi connectivity index (χ0n) is 15.5. The summed E-state index contributed by atoms with van der Waals surface area (Å²) in [6.07, 6.45) is 1.13. The second-order valence-corrected chi connectivity index (χ2v) is 6.21. The van der Waals surface area contributed by atoms with Crippen molar-refractivity contribution < 1.29 is 14.3 Å². The van der Waals surface area contributed by atoms with Crippen LogP contribution in [0.5, 0.6) is 0 Å². The van der Waals surface area contributed by atoms with E-state index in [4.69, 9.17) is 4.74 Å². The van der Waals surface area contributed by atoms with Gasteiger partial charge in [-0.1, -0.05) is 25.1 Å². The molecule has 0 bridgehead atoms. The lowest BCUT2D eigenvalue weighted by molar-refractivity contribution is -0.132. The summed E-state index contributed by atoms with van der Waals surface area (Å²) < 4.78 is 5.00. The lowest BCUT2D eigenvalue weighted by Gasteiger charge is -2.34.